The van der Waals surface area contributed by atoms with E-state index in [1.54, 1.807) is 0 Å². The topological polar surface area (TPSA) is 52.6 Å². The van der Waals surface area contributed by atoms with E-state index in [1.165, 1.54) is 24.0 Å². The molecule has 21 heavy (non-hydrogen) atoms. The molecule has 1 aliphatic rings. The van der Waals surface area contributed by atoms with Gasteiger partial charge in [0.1, 0.15) is 0 Å². The number of urea groups is 1. The minimum Gasteiger partial charge on any atom is -0.396 e. The van der Waals surface area contributed by atoms with Gasteiger partial charge in [0, 0.05) is 31.3 Å². The number of nitrogens with zero attached hydrogens (tertiary/aromatic N) is 1. The highest BCUT2D eigenvalue weighted by atomic mass is 19.4. The number of nitrogens with one attached hydrogen (secondary N) is 1. The van der Waals surface area contributed by atoms with Gasteiger partial charge in [0.15, 0.2) is 0 Å². The Labute approximate surface area is 120 Å². The van der Waals surface area contributed by atoms with Gasteiger partial charge in [-0.2, -0.15) is 13.2 Å². The van der Waals surface area contributed by atoms with E-state index in [0.29, 0.717) is 19.5 Å². The molecule has 0 bridgehead atoms. The molecule has 1 heterocycles. The summed E-state index contributed by atoms with van der Waals surface area (Å²) in [6, 6.07) is 3.27. The monoisotopic (exact) mass is 302 g/mol. The Morgan fingerprint density at radius 2 is 2.19 bits per heavy atom. The van der Waals surface area contributed by atoms with E-state index >= 15 is 0 Å². The number of hydrogen-bond donors (Lipinski definition) is 2. The highest BCUT2D eigenvalue weighted by molar-refractivity contribution is 5.89. The van der Waals surface area contributed by atoms with E-state index in [4.69, 9.17) is 5.11 Å². The zero-order valence-electron chi connectivity index (χ0n) is 11.6. The normalized spacial score (nSPS) is 18.9. The number of anilines is 1. The molecule has 116 valence electrons. The van der Waals surface area contributed by atoms with Crippen LogP contribution in [0.5, 0.6) is 0 Å². The van der Waals surface area contributed by atoms with Crippen molar-refractivity contribution in [3.63, 3.8) is 0 Å². The average Bonchev–Trinajstić information content (AvgIpc) is 2.88. The standard InChI is InChI=1S/C14H17F3N2O2/c1-9-2-3-11(6-12(9)14(15,16)17)18-13(21)19-5-4-10(7-19)8-20/h2-3,6,10,20H,4-5,7-8H2,1H3,(H,18,21). The van der Waals surface area contributed by atoms with Crippen molar-refractivity contribution in [1.82, 2.24) is 4.90 Å². The molecule has 0 spiro atoms. The Kier molecular flexibility index (Phi) is 4.41. The first-order chi connectivity index (χ1) is 9.81. The summed E-state index contributed by atoms with van der Waals surface area (Å²) in [6.45, 7) is 2.29. The second-order valence-corrected chi connectivity index (χ2v) is 5.24. The summed E-state index contributed by atoms with van der Waals surface area (Å²) in [5.41, 5.74) is -0.526. The molecule has 2 rings (SSSR count). The Balaban J connectivity index is 2.08. The van der Waals surface area contributed by atoms with Gasteiger partial charge < -0.3 is 15.3 Å². The summed E-state index contributed by atoms with van der Waals surface area (Å²) in [5, 5.41) is 11.5. The summed E-state index contributed by atoms with van der Waals surface area (Å²) >= 11 is 0. The molecule has 1 atom stereocenters. The summed E-state index contributed by atoms with van der Waals surface area (Å²) in [4.78, 5) is 13.5. The lowest BCUT2D eigenvalue weighted by molar-refractivity contribution is -0.138. The number of aliphatic hydroxyl groups is 1. The van der Waals surface area contributed by atoms with E-state index in [1.807, 2.05) is 0 Å². The van der Waals surface area contributed by atoms with Crippen LogP contribution in [0.15, 0.2) is 18.2 Å². The van der Waals surface area contributed by atoms with Crippen LogP contribution < -0.4 is 5.32 Å². The Morgan fingerprint density at radius 3 is 2.76 bits per heavy atom. The molecule has 1 saturated heterocycles. The van der Waals surface area contributed by atoms with Crippen LogP contribution >= 0.6 is 0 Å². The van der Waals surface area contributed by atoms with Crippen molar-refractivity contribution in [3.8, 4) is 0 Å². The average molecular weight is 302 g/mol. The molecule has 7 heteroatoms. The molecule has 1 fully saturated rings. The van der Waals surface area contributed by atoms with Crippen LogP contribution in [0.1, 0.15) is 17.5 Å². The Morgan fingerprint density at radius 1 is 1.48 bits per heavy atom. The fourth-order valence-corrected chi connectivity index (χ4v) is 2.37. The van der Waals surface area contributed by atoms with Gasteiger partial charge in [0.2, 0.25) is 0 Å². The zero-order valence-corrected chi connectivity index (χ0v) is 11.6. The molecule has 1 aliphatic heterocycles. The van der Waals surface area contributed by atoms with E-state index in [0.717, 1.165) is 6.07 Å². The van der Waals surface area contributed by atoms with Crippen molar-refractivity contribution in [2.75, 3.05) is 25.0 Å². The second-order valence-electron chi connectivity index (χ2n) is 5.24. The molecule has 1 unspecified atom stereocenters. The van der Waals surface area contributed by atoms with Crippen molar-refractivity contribution in [2.45, 2.75) is 19.5 Å². The maximum absolute atomic E-state index is 12.8. The van der Waals surface area contributed by atoms with Crippen LogP contribution in [0.25, 0.3) is 0 Å². The van der Waals surface area contributed by atoms with Crippen LogP contribution in [0.2, 0.25) is 0 Å². The number of alkyl halides is 3. The smallest absolute Gasteiger partial charge is 0.396 e. The first kappa shape index (κ1) is 15.6. The quantitative estimate of drug-likeness (QED) is 0.882. The van der Waals surface area contributed by atoms with Gasteiger partial charge in [-0.15, -0.1) is 0 Å². The highest BCUT2D eigenvalue weighted by Gasteiger charge is 2.33. The van der Waals surface area contributed by atoms with Gasteiger partial charge in [-0.05, 0) is 31.0 Å². The lowest BCUT2D eigenvalue weighted by Gasteiger charge is -2.18. The molecule has 2 N–H and O–H groups in total. The fraction of sp³-hybridized carbons (Fsp3) is 0.500. The van der Waals surface area contributed by atoms with Gasteiger partial charge in [0.25, 0.3) is 0 Å². The Hall–Kier alpha value is -1.76. The van der Waals surface area contributed by atoms with E-state index < -0.39 is 17.8 Å². The maximum Gasteiger partial charge on any atom is 0.416 e. The van der Waals surface area contributed by atoms with Crippen molar-refractivity contribution in [1.29, 1.82) is 0 Å². The third kappa shape index (κ3) is 3.66. The molecule has 4 nitrogen and oxygen atoms in total. The molecular weight excluding hydrogens is 285 g/mol. The molecule has 0 aromatic heterocycles. The van der Waals surface area contributed by atoms with E-state index in [9.17, 15) is 18.0 Å². The van der Waals surface area contributed by atoms with Gasteiger partial charge in [-0.3, -0.25) is 0 Å². The summed E-state index contributed by atoms with van der Waals surface area (Å²) < 4.78 is 38.4. The number of rotatable bonds is 2. The number of hydrogen-bond acceptors (Lipinski definition) is 2. The highest BCUT2D eigenvalue weighted by Crippen LogP contribution is 2.33. The SMILES string of the molecule is Cc1ccc(NC(=O)N2CCC(CO)C2)cc1C(F)(F)F. The minimum atomic E-state index is -4.44. The number of aliphatic hydroxyl groups excluding tert-OH is 1. The minimum absolute atomic E-state index is 0.00648. The first-order valence-corrected chi connectivity index (χ1v) is 6.66. The van der Waals surface area contributed by atoms with Gasteiger partial charge in [0.05, 0.1) is 5.56 Å². The number of carbonyl (C=O) groups excluding carboxylic acids is 1. The second kappa shape index (κ2) is 5.93. The number of carbonyl (C=O) groups is 1. The third-order valence-electron chi connectivity index (χ3n) is 3.63. The van der Waals surface area contributed by atoms with Crippen molar-refractivity contribution < 1.29 is 23.1 Å². The van der Waals surface area contributed by atoms with Gasteiger partial charge in [-0.1, -0.05) is 6.07 Å². The molecule has 1 aromatic rings. The maximum atomic E-state index is 12.8. The largest absolute Gasteiger partial charge is 0.416 e. The summed E-state index contributed by atoms with van der Waals surface area (Å²) in [6.07, 6.45) is -3.74. The molecule has 2 amide bonds. The summed E-state index contributed by atoms with van der Waals surface area (Å²) in [5.74, 6) is 0.0412. The lowest BCUT2D eigenvalue weighted by atomic mass is 10.1. The molecular formula is C14H17F3N2O2. The van der Waals surface area contributed by atoms with E-state index in [2.05, 4.69) is 5.32 Å². The van der Waals surface area contributed by atoms with Crippen molar-refractivity contribution in [3.05, 3.63) is 29.3 Å². The molecule has 0 saturated carbocycles. The first-order valence-electron chi connectivity index (χ1n) is 6.66. The number of amides is 2. The summed E-state index contributed by atoms with van der Waals surface area (Å²) in [7, 11) is 0. The third-order valence-corrected chi connectivity index (χ3v) is 3.63. The van der Waals surface area contributed by atoms with Crippen molar-refractivity contribution in [2.24, 2.45) is 5.92 Å². The molecule has 0 aliphatic carbocycles. The molecule has 0 radical (unpaired) electrons. The van der Waals surface area contributed by atoms with E-state index in [-0.39, 0.29) is 23.8 Å². The predicted octanol–water partition coefficient (Wildman–Crippen LogP) is 2.86. The number of likely N-dealkylation sites (tertiary alicyclic amines) is 1. The molecule has 1 aromatic carbocycles. The Bertz CT molecular complexity index is 531. The van der Waals surface area contributed by atoms with Gasteiger partial charge >= 0.3 is 12.2 Å². The predicted molar refractivity (Wildman–Crippen MR) is 72.0 cm³/mol. The van der Waals surface area contributed by atoms with Crippen LogP contribution in [0, 0.1) is 12.8 Å². The fourth-order valence-electron chi connectivity index (χ4n) is 2.37. The van der Waals surface area contributed by atoms with Crippen LogP contribution in [0.3, 0.4) is 0 Å². The van der Waals surface area contributed by atoms with Crippen LogP contribution in [-0.4, -0.2) is 35.7 Å². The van der Waals surface area contributed by atoms with Gasteiger partial charge in [-0.25, -0.2) is 4.79 Å². The lowest BCUT2D eigenvalue weighted by Crippen LogP contribution is -2.33. The van der Waals surface area contributed by atoms with Crippen LogP contribution in [0.4, 0.5) is 23.7 Å². The zero-order chi connectivity index (χ0) is 15.6. The number of aryl methyl sites for hydroxylation is 1. The number of halogens is 3. The van der Waals surface area contributed by atoms with Crippen LogP contribution in [-0.2, 0) is 6.18 Å². The van der Waals surface area contributed by atoms with Crippen molar-refractivity contribution >= 4 is 11.7 Å². The number of benzene rings is 1.